The maximum Gasteiger partial charge on any atom is 0.266 e. The number of carbonyl (C=O) groups excluding carboxylic acids is 2. The molecule has 148 valence electrons. The van der Waals surface area contributed by atoms with Gasteiger partial charge in [-0.05, 0) is 36.6 Å². The molecule has 1 saturated heterocycles. The Bertz CT molecular complexity index is 833. The van der Waals surface area contributed by atoms with Gasteiger partial charge in [-0.25, -0.2) is 0 Å². The number of fused-ring (bicyclic) bond motifs is 1. The summed E-state index contributed by atoms with van der Waals surface area (Å²) < 4.78 is 11.2. The Morgan fingerprint density at radius 2 is 2.04 bits per heavy atom. The number of thioether (sulfide) groups is 1. The predicted molar refractivity (Wildman–Crippen MR) is 112 cm³/mol. The molecule has 1 N–H and O–H groups in total. The minimum absolute atomic E-state index is 0.0132. The first-order valence-corrected chi connectivity index (χ1v) is 10.8. The summed E-state index contributed by atoms with van der Waals surface area (Å²) in [5, 5.41) is 3.08. The highest BCUT2D eigenvalue weighted by Gasteiger charge is 2.32. The highest BCUT2D eigenvalue weighted by atomic mass is 32.2. The van der Waals surface area contributed by atoms with Crippen LogP contribution in [-0.4, -0.2) is 40.4 Å². The highest BCUT2D eigenvalue weighted by molar-refractivity contribution is 8.26. The molecule has 2 fully saturated rings. The zero-order valence-electron chi connectivity index (χ0n) is 15.4. The van der Waals surface area contributed by atoms with Crippen LogP contribution in [0.1, 0.15) is 44.1 Å². The Morgan fingerprint density at radius 3 is 2.86 bits per heavy atom. The van der Waals surface area contributed by atoms with Crippen molar-refractivity contribution < 1.29 is 19.1 Å². The summed E-state index contributed by atoms with van der Waals surface area (Å²) in [5.41, 5.74) is 0.847. The van der Waals surface area contributed by atoms with Crippen LogP contribution in [0.25, 0.3) is 6.08 Å². The third-order valence-corrected chi connectivity index (χ3v) is 6.48. The third kappa shape index (κ3) is 4.33. The summed E-state index contributed by atoms with van der Waals surface area (Å²) in [5.74, 6) is 1.20. The number of rotatable bonds is 5. The average Bonchev–Trinajstić information content (AvgIpc) is 3.25. The maximum absolute atomic E-state index is 12.7. The van der Waals surface area contributed by atoms with Crippen LogP contribution in [0, 0.1) is 0 Å². The van der Waals surface area contributed by atoms with E-state index in [0.29, 0.717) is 27.3 Å². The van der Waals surface area contributed by atoms with Crippen LogP contribution >= 0.6 is 24.0 Å². The van der Waals surface area contributed by atoms with Gasteiger partial charge in [0.25, 0.3) is 5.91 Å². The van der Waals surface area contributed by atoms with Crippen molar-refractivity contribution in [1.29, 1.82) is 0 Å². The van der Waals surface area contributed by atoms with E-state index in [4.69, 9.17) is 21.7 Å². The number of benzene rings is 1. The van der Waals surface area contributed by atoms with Gasteiger partial charge in [0.1, 0.15) is 4.32 Å². The van der Waals surface area contributed by atoms with E-state index in [2.05, 4.69) is 5.32 Å². The Balaban J connectivity index is 1.35. The first-order chi connectivity index (χ1) is 13.6. The number of hydrogen-bond acceptors (Lipinski definition) is 6. The molecule has 3 aliphatic rings. The zero-order chi connectivity index (χ0) is 19.5. The second-order valence-corrected chi connectivity index (χ2v) is 8.77. The van der Waals surface area contributed by atoms with E-state index in [-0.39, 0.29) is 31.1 Å². The van der Waals surface area contributed by atoms with Crippen molar-refractivity contribution >= 4 is 46.2 Å². The Kier molecular flexibility index (Phi) is 5.87. The molecule has 0 bridgehead atoms. The van der Waals surface area contributed by atoms with E-state index in [1.165, 1.54) is 35.9 Å². The molecule has 1 aliphatic carbocycles. The van der Waals surface area contributed by atoms with Gasteiger partial charge in [0.2, 0.25) is 12.7 Å². The van der Waals surface area contributed by atoms with E-state index < -0.39 is 0 Å². The molecule has 0 atom stereocenters. The SMILES string of the molecule is O=C(CCN1C(=O)C(=Cc2ccc3c(c2)OCO3)SC1=S)NC1CCCCC1. The van der Waals surface area contributed by atoms with Crippen LogP contribution < -0.4 is 14.8 Å². The smallest absolute Gasteiger partial charge is 0.266 e. The summed E-state index contributed by atoms with van der Waals surface area (Å²) in [7, 11) is 0. The lowest BCUT2D eigenvalue weighted by Gasteiger charge is -2.23. The van der Waals surface area contributed by atoms with Crippen molar-refractivity contribution in [2.24, 2.45) is 0 Å². The van der Waals surface area contributed by atoms with Gasteiger partial charge in [-0.2, -0.15) is 0 Å². The van der Waals surface area contributed by atoms with E-state index in [9.17, 15) is 9.59 Å². The minimum Gasteiger partial charge on any atom is -0.454 e. The number of amides is 2. The van der Waals surface area contributed by atoms with Crippen molar-refractivity contribution in [3.63, 3.8) is 0 Å². The van der Waals surface area contributed by atoms with Crippen molar-refractivity contribution in [1.82, 2.24) is 10.2 Å². The summed E-state index contributed by atoms with van der Waals surface area (Å²) in [6.45, 7) is 0.519. The molecule has 1 saturated carbocycles. The lowest BCUT2D eigenvalue weighted by Crippen LogP contribution is -2.39. The van der Waals surface area contributed by atoms with Gasteiger partial charge in [-0.1, -0.05) is 49.3 Å². The van der Waals surface area contributed by atoms with Crippen LogP contribution in [0.3, 0.4) is 0 Å². The first-order valence-electron chi connectivity index (χ1n) is 9.54. The molecule has 1 aromatic carbocycles. The van der Waals surface area contributed by atoms with E-state index in [1.54, 1.807) is 6.08 Å². The molecule has 2 amide bonds. The molecule has 0 unspecified atom stereocenters. The van der Waals surface area contributed by atoms with Crippen LogP contribution in [0.4, 0.5) is 0 Å². The lowest BCUT2D eigenvalue weighted by molar-refractivity contribution is -0.124. The molecule has 8 heteroatoms. The number of nitrogens with one attached hydrogen (secondary N) is 1. The second-order valence-electron chi connectivity index (χ2n) is 7.10. The molecular formula is C20H22N2O4S2. The van der Waals surface area contributed by atoms with Crippen molar-refractivity contribution in [2.75, 3.05) is 13.3 Å². The van der Waals surface area contributed by atoms with Gasteiger partial charge in [-0.15, -0.1) is 0 Å². The quantitative estimate of drug-likeness (QED) is 0.584. The third-order valence-electron chi connectivity index (χ3n) is 5.10. The largest absolute Gasteiger partial charge is 0.454 e. The van der Waals surface area contributed by atoms with Gasteiger partial charge in [-0.3, -0.25) is 14.5 Å². The number of thiocarbonyl (C=S) groups is 1. The molecule has 6 nitrogen and oxygen atoms in total. The van der Waals surface area contributed by atoms with Gasteiger partial charge in [0.05, 0.1) is 4.91 Å². The first kappa shape index (κ1) is 19.3. The number of ether oxygens (including phenoxy) is 2. The van der Waals surface area contributed by atoms with Crippen LogP contribution in [0.5, 0.6) is 11.5 Å². The predicted octanol–water partition coefficient (Wildman–Crippen LogP) is 3.46. The fourth-order valence-corrected chi connectivity index (χ4v) is 4.92. The number of hydrogen-bond donors (Lipinski definition) is 1. The van der Waals surface area contributed by atoms with Crippen molar-refractivity contribution in [2.45, 2.75) is 44.6 Å². The molecule has 0 radical (unpaired) electrons. The molecule has 28 heavy (non-hydrogen) atoms. The molecule has 1 aromatic rings. The lowest BCUT2D eigenvalue weighted by atomic mass is 9.95. The second kappa shape index (κ2) is 8.53. The Hall–Kier alpha value is -2.06. The topological polar surface area (TPSA) is 67.9 Å². The van der Waals surface area contributed by atoms with E-state index in [0.717, 1.165) is 18.4 Å². The van der Waals surface area contributed by atoms with Crippen molar-refractivity contribution in [3.8, 4) is 11.5 Å². The number of nitrogens with zero attached hydrogens (tertiary/aromatic N) is 1. The molecule has 2 heterocycles. The van der Waals surface area contributed by atoms with Gasteiger partial charge < -0.3 is 14.8 Å². The normalized spacial score (nSPS) is 20.9. The highest BCUT2D eigenvalue weighted by Crippen LogP contribution is 2.36. The molecule has 2 aliphatic heterocycles. The van der Waals surface area contributed by atoms with E-state index >= 15 is 0 Å². The van der Waals surface area contributed by atoms with Gasteiger partial charge in [0, 0.05) is 19.0 Å². The Labute approximate surface area is 173 Å². The Morgan fingerprint density at radius 1 is 1.25 bits per heavy atom. The summed E-state index contributed by atoms with van der Waals surface area (Å²) in [4.78, 5) is 27.0. The van der Waals surface area contributed by atoms with Gasteiger partial charge in [0.15, 0.2) is 11.5 Å². The molecule has 0 spiro atoms. The fraction of sp³-hybridized carbons (Fsp3) is 0.450. The average molecular weight is 419 g/mol. The molecule has 0 aromatic heterocycles. The summed E-state index contributed by atoms with van der Waals surface area (Å²) in [6.07, 6.45) is 7.74. The van der Waals surface area contributed by atoms with Crippen molar-refractivity contribution in [3.05, 3.63) is 28.7 Å². The van der Waals surface area contributed by atoms with Crippen LogP contribution in [0.2, 0.25) is 0 Å². The summed E-state index contributed by atoms with van der Waals surface area (Å²) in [6, 6.07) is 5.81. The van der Waals surface area contributed by atoms with E-state index in [1.807, 2.05) is 18.2 Å². The molecule has 4 rings (SSSR count). The summed E-state index contributed by atoms with van der Waals surface area (Å²) >= 11 is 6.62. The fourth-order valence-electron chi connectivity index (χ4n) is 3.61. The van der Waals surface area contributed by atoms with Gasteiger partial charge >= 0.3 is 0 Å². The molecular weight excluding hydrogens is 396 g/mol. The van der Waals surface area contributed by atoms with Crippen LogP contribution in [0.15, 0.2) is 23.1 Å². The minimum atomic E-state index is -0.155. The van der Waals surface area contributed by atoms with Crippen LogP contribution in [-0.2, 0) is 9.59 Å². The standard InChI is InChI=1S/C20H22N2O4S2/c23-18(21-14-4-2-1-3-5-14)8-9-22-19(24)17(28-20(22)27)11-13-6-7-15-16(10-13)26-12-25-15/h6-7,10-11,14H,1-5,8-9,12H2,(H,21,23). The zero-order valence-corrected chi connectivity index (χ0v) is 17.1. The maximum atomic E-state index is 12.7. The number of carbonyl (C=O) groups is 2. The monoisotopic (exact) mass is 418 g/mol.